The zero-order chi connectivity index (χ0) is 15.8. The van der Waals surface area contributed by atoms with Crippen molar-refractivity contribution < 1.29 is 16.8 Å². The molecule has 1 atom stereocenters. The summed E-state index contributed by atoms with van der Waals surface area (Å²) in [4.78, 5) is 0.114. The molecule has 6 nitrogen and oxygen atoms in total. The summed E-state index contributed by atoms with van der Waals surface area (Å²) >= 11 is 0. The minimum absolute atomic E-state index is 0.114. The maximum absolute atomic E-state index is 12.5. The predicted octanol–water partition coefficient (Wildman–Crippen LogP) is 0.741. The molecular formula is C13H20N2O4S2. The highest BCUT2D eigenvalue weighted by Crippen LogP contribution is 2.23. The second kappa shape index (κ2) is 5.58. The third-order valence-corrected chi connectivity index (χ3v) is 7.18. The molecule has 1 aromatic carbocycles. The molecule has 0 bridgehead atoms. The lowest BCUT2D eigenvalue weighted by Gasteiger charge is -2.23. The van der Waals surface area contributed by atoms with Crippen LogP contribution in [0.5, 0.6) is 0 Å². The largest absolute Gasteiger partial charge is 0.399 e. The predicted molar refractivity (Wildman–Crippen MR) is 82.3 cm³/mol. The van der Waals surface area contributed by atoms with Crippen LogP contribution in [-0.4, -0.2) is 34.4 Å². The molecule has 21 heavy (non-hydrogen) atoms. The van der Waals surface area contributed by atoms with Crippen LogP contribution in [-0.2, 0) is 19.9 Å². The average Bonchev–Trinajstić information content (AvgIpc) is 2.31. The summed E-state index contributed by atoms with van der Waals surface area (Å²) in [6.45, 7) is 3.50. The Balaban J connectivity index is 2.31. The van der Waals surface area contributed by atoms with Crippen LogP contribution in [0, 0.1) is 13.8 Å². The summed E-state index contributed by atoms with van der Waals surface area (Å²) in [5.41, 5.74) is 7.49. The number of nitrogen functional groups attached to an aromatic ring is 1. The van der Waals surface area contributed by atoms with E-state index in [9.17, 15) is 16.8 Å². The minimum Gasteiger partial charge on any atom is -0.399 e. The van der Waals surface area contributed by atoms with E-state index >= 15 is 0 Å². The van der Waals surface area contributed by atoms with Crippen molar-refractivity contribution in [3.63, 3.8) is 0 Å². The zero-order valence-corrected chi connectivity index (χ0v) is 13.7. The van der Waals surface area contributed by atoms with Gasteiger partial charge in [-0.2, -0.15) is 0 Å². The maximum atomic E-state index is 12.5. The van der Waals surface area contributed by atoms with E-state index in [0.29, 0.717) is 24.1 Å². The van der Waals surface area contributed by atoms with Gasteiger partial charge in [0.05, 0.1) is 16.4 Å². The van der Waals surface area contributed by atoms with Crippen LogP contribution in [0.25, 0.3) is 0 Å². The molecule has 2 rings (SSSR count). The number of nitrogens with one attached hydrogen (secondary N) is 1. The van der Waals surface area contributed by atoms with Gasteiger partial charge in [-0.25, -0.2) is 21.6 Å². The normalized spacial score (nSPS) is 22.1. The molecule has 1 aliphatic rings. The van der Waals surface area contributed by atoms with Crippen LogP contribution >= 0.6 is 0 Å². The molecule has 1 unspecified atom stereocenters. The van der Waals surface area contributed by atoms with E-state index in [1.54, 1.807) is 19.9 Å². The third-order valence-electron chi connectivity index (χ3n) is 3.72. The van der Waals surface area contributed by atoms with E-state index in [2.05, 4.69) is 4.72 Å². The molecule has 3 N–H and O–H groups in total. The molecule has 0 radical (unpaired) electrons. The molecule has 1 fully saturated rings. The van der Waals surface area contributed by atoms with Gasteiger partial charge in [0.1, 0.15) is 0 Å². The summed E-state index contributed by atoms with van der Waals surface area (Å²) in [5, 5.41) is 0. The van der Waals surface area contributed by atoms with E-state index in [-0.39, 0.29) is 16.4 Å². The number of anilines is 1. The summed E-state index contributed by atoms with van der Waals surface area (Å²) < 4.78 is 50.7. The van der Waals surface area contributed by atoms with Crippen molar-refractivity contribution in [2.45, 2.75) is 37.6 Å². The monoisotopic (exact) mass is 332 g/mol. The Kier molecular flexibility index (Phi) is 4.32. The zero-order valence-electron chi connectivity index (χ0n) is 12.1. The number of aryl methyl sites for hydroxylation is 1. The molecule has 0 spiro atoms. The van der Waals surface area contributed by atoms with Crippen LogP contribution < -0.4 is 10.5 Å². The van der Waals surface area contributed by atoms with Crippen molar-refractivity contribution >= 4 is 25.5 Å². The molecule has 118 valence electrons. The van der Waals surface area contributed by atoms with Gasteiger partial charge >= 0.3 is 0 Å². The molecule has 0 saturated carbocycles. The van der Waals surface area contributed by atoms with E-state index in [0.717, 1.165) is 5.56 Å². The van der Waals surface area contributed by atoms with Crippen molar-refractivity contribution in [3.8, 4) is 0 Å². The second-order valence-corrected chi connectivity index (χ2v) is 9.45. The van der Waals surface area contributed by atoms with Gasteiger partial charge in [0.2, 0.25) is 10.0 Å². The van der Waals surface area contributed by atoms with Gasteiger partial charge in [-0.15, -0.1) is 0 Å². The summed E-state index contributed by atoms with van der Waals surface area (Å²) in [5.74, 6) is -0.0196. The number of sulfone groups is 1. The Bertz CT molecular complexity index is 755. The Hall–Kier alpha value is -1.12. The SMILES string of the molecule is Cc1cc(N)cc(S(=O)(=O)NC2CCCS(=O)(=O)C2)c1C. The summed E-state index contributed by atoms with van der Waals surface area (Å²) in [6, 6.07) is 2.54. The third kappa shape index (κ3) is 3.75. The fourth-order valence-electron chi connectivity index (χ4n) is 2.53. The van der Waals surface area contributed by atoms with Gasteiger partial charge in [0, 0.05) is 11.7 Å². The quantitative estimate of drug-likeness (QED) is 0.794. The molecule has 0 aromatic heterocycles. The Morgan fingerprint density at radius 3 is 2.57 bits per heavy atom. The van der Waals surface area contributed by atoms with Crippen molar-refractivity contribution in [1.29, 1.82) is 0 Å². The maximum Gasteiger partial charge on any atom is 0.241 e. The van der Waals surface area contributed by atoms with Gasteiger partial charge in [0.25, 0.3) is 0 Å². The Labute approximate surface area is 125 Å². The molecule has 1 heterocycles. The first-order valence-corrected chi connectivity index (χ1v) is 10.0. The molecule has 0 amide bonds. The standard InChI is InChI=1S/C13H20N2O4S2/c1-9-6-11(14)7-13(10(9)2)21(18,19)15-12-4-3-5-20(16,17)8-12/h6-7,12,15H,3-5,8,14H2,1-2H3. The number of hydrogen-bond acceptors (Lipinski definition) is 5. The molecule has 1 aliphatic heterocycles. The van der Waals surface area contributed by atoms with Crippen LogP contribution in [0.3, 0.4) is 0 Å². The van der Waals surface area contributed by atoms with Crippen molar-refractivity contribution in [1.82, 2.24) is 4.72 Å². The first-order chi connectivity index (χ1) is 9.61. The van der Waals surface area contributed by atoms with E-state index in [1.165, 1.54) is 6.07 Å². The van der Waals surface area contributed by atoms with Gasteiger partial charge in [-0.05, 0) is 49.9 Å². The smallest absolute Gasteiger partial charge is 0.241 e. The number of benzene rings is 1. The Morgan fingerprint density at radius 1 is 1.29 bits per heavy atom. The first kappa shape index (κ1) is 16.3. The molecule has 8 heteroatoms. The first-order valence-electron chi connectivity index (χ1n) is 6.70. The van der Waals surface area contributed by atoms with Gasteiger partial charge in [-0.3, -0.25) is 0 Å². The van der Waals surface area contributed by atoms with E-state index < -0.39 is 25.9 Å². The van der Waals surface area contributed by atoms with Crippen molar-refractivity contribution in [2.24, 2.45) is 0 Å². The Morgan fingerprint density at radius 2 is 1.95 bits per heavy atom. The number of hydrogen-bond donors (Lipinski definition) is 2. The molecule has 1 aromatic rings. The highest BCUT2D eigenvalue weighted by Gasteiger charge is 2.29. The van der Waals surface area contributed by atoms with E-state index in [1.807, 2.05) is 0 Å². The lowest BCUT2D eigenvalue weighted by atomic mass is 10.1. The minimum atomic E-state index is -3.78. The van der Waals surface area contributed by atoms with Crippen LogP contribution in [0.1, 0.15) is 24.0 Å². The molecule has 0 aliphatic carbocycles. The van der Waals surface area contributed by atoms with Crippen molar-refractivity contribution in [2.75, 3.05) is 17.2 Å². The second-order valence-electron chi connectivity index (χ2n) is 5.54. The lowest BCUT2D eigenvalue weighted by molar-refractivity contribution is 0.517. The van der Waals surface area contributed by atoms with Gasteiger partial charge in [0.15, 0.2) is 9.84 Å². The van der Waals surface area contributed by atoms with Crippen LogP contribution in [0.4, 0.5) is 5.69 Å². The summed E-state index contributed by atoms with van der Waals surface area (Å²) in [7, 11) is -6.94. The highest BCUT2D eigenvalue weighted by molar-refractivity contribution is 7.91. The van der Waals surface area contributed by atoms with Gasteiger partial charge in [-0.1, -0.05) is 0 Å². The van der Waals surface area contributed by atoms with E-state index in [4.69, 9.17) is 5.73 Å². The summed E-state index contributed by atoms with van der Waals surface area (Å²) in [6.07, 6.45) is 1.00. The highest BCUT2D eigenvalue weighted by atomic mass is 32.2. The fraction of sp³-hybridized carbons (Fsp3) is 0.538. The topological polar surface area (TPSA) is 106 Å². The molecular weight excluding hydrogens is 312 g/mol. The molecule has 1 saturated heterocycles. The number of rotatable bonds is 3. The number of nitrogens with two attached hydrogens (primary N) is 1. The fourth-order valence-corrected chi connectivity index (χ4v) is 5.90. The van der Waals surface area contributed by atoms with Crippen LogP contribution in [0.15, 0.2) is 17.0 Å². The van der Waals surface area contributed by atoms with Crippen LogP contribution in [0.2, 0.25) is 0 Å². The average molecular weight is 332 g/mol. The number of sulfonamides is 1. The lowest BCUT2D eigenvalue weighted by Crippen LogP contribution is -2.43. The van der Waals surface area contributed by atoms with Gasteiger partial charge < -0.3 is 5.73 Å². The van der Waals surface area contributed by atoms with Crippen molar-refractivity contribution in [3.05, 3.63) is 23.3 Å².